The number of nitrogens with two attached hydrogens (primary N) is 1. The molecule has 1 atom stereocenters. The second-order valence-electron chi connectivity index (χ2n) is 4.99. The predicted octanol–water partition coefficient (Wildman–Crippen LogP) is 2.58. The van der Waals surface area contributed by atoms with E-state index in [2.05, 4.69) is 4.98 Å². The topological polar surface area (TPSA) is 96.4 Å². The van der Waals surface area contributed by atoms with Crippen molar-refractivity contribution in [3.8, 4) is 5.75 Å². The van der Waals surface area contributed by atoms with Gasteiger partial charge in [0.25, 0.3) is 0 Å². The van der Waals surface area contributed by atoms with Gasteiger partial charge in [0.1, 0.15) is 17.3 Å². The van der Waals surface area contributed by atoms with Gasteiger partial charge >= 0.3 is 5.97 Å². The maximum absolute atomic E-state index is 10.4. The van der Waals surface area contributed by atoms with E-state index in [0.29, 0.717) is 11.9 Å². The number of para-hydroxylation sites is 1. The number of nitrogens with zero attached hydrogens (tertiary/aromatic N) is 1. The van der Waals surface area contributed by atoms with E-state index in [9.17, 15) is 9.90 Å². The minimum absolute atomic E-state index is 0. The van der Waals surface area contributed by atoms with Gasteiger partial charge in [-0.15, -0.1) is 0 Å². The Morgan fingerprint density at radius 1 is 1.04 bits per heavy atom. The number of aromatic nitrogens is 1. The average molecular weight is 369 g/mol. The van der Waals surface area contributed by atoms with Crippen LogP contribution in [0.5, 0.6) is 5.75 Å². The molecule has 127 valence electrons. The molecular formula is C18H18CoN2O3. The molecule has 0 bridgehead atoms. The first-order valence-corrected chi connectivity index (χ1v) is 7.13. The fourth-order valence-electron chi connectivity index (χ4n) is 2.04. The Labute approximate surface area is 150 Å². The van der Waals surface area contributed by atoms with Crippen molar-refractivity contribution in [1.29, 1.82) is 0 Å². The molecule has 1 aromatic heterocycles. The summed E-state index contributed by atoms with van der Waals surface area (Å²) in [6.07, 6.45) is 2.05. The first kappa shape index (κ1) is 19.6. The number of hydrogen-bond donors (Lipinski definition) is 3. The number of phenols is 1. The number of carboxylic acid groups (broad SMARTS) is 1. The summed E-state index contributed by atoms with van der Waals surface area (Å²) in [5.41, 5.74) is 6.96. The quantitative estimate of drug-likeness (QED) is 0.659. The number of hydrogen-bond acceptors (Lipinski definition) is 4. The van der Waals surface area contributed by atoms with Crippen molar-refractivity contribution in [1.82, 2.24) is 4.98 Å². The number of fused-ring (bicyclic) bond motifs is 1. The van der Waals surface area contributed by atoms with Gasteiger partial charge < -0.3 is 15.9 Å². The third-order valence-corrected chi connectivity index (χ3v) is 3.23. The number of aliphatic carboxylic acids is 1. The van der Waals surface area contributed by atoms with Crippen LogP contribution in [0.3, 0.4) is 0 Å². The minimum atomic E-state index is -0.959. The standard InChI is InChI=1S/C9H11NO2.C9H7NO.Co/c10-8(9(11)12)6-7-4-2-1-3-5-7;11-8-5-1-3-7-4-2-6-10-9(7)8;/h1-5,8H,6,10H2,(H,11,12);1-6,11H;. The van der Waals surface area contributed by atoms with Crippen molar-refractivity contribution >= 4 is 16.9 Å². The summed E-state index contributed by atoms with van der Waals surface area (Å²) in [4.78, 5) is 14.4. The molecule has 0 amide bonds. The zero-order valence-electron chi connectivity index (χ0n) is 12.8. The number of phenolic OH excluding ortho intramolecular Hbond substituents is 1. The zero-order chi connectivity index (χ0) is 16.7. The Morgan fingerprint density at radius 2 is 1.71 bits per heavy atom. The van der Waals surface area contributed by atoms with Gasteiger partial charge in [-0.05, 0) is 24.1 Å². The molecule has 1 unspecified atom stereocenters. The van der Waals surface area contributed by atoms with Gasteiger partial charge in [-0.3, -0.25) is 9.78 Å². The third-order valence-electron chi connectivity index (χ3n) is 3.23. The van der Waals surface area contributed by atoms with Crippen LogP contribution in [0.25, 0.3) is 10.9 Å². The van der Waals surface area contributed by atoms with E-state index in [1.807, 2.05) is 48.5 Å². The van der Waals surface area contributed by atoms with Gasteiger partial charge in [0.2, 0.25) is 0 Å². The second-order valence-corrected chi connectivity index (χ2v) is 4.99. The van der Waals surface area contributed by atoms with Gasteiger partial charge in [0.15, 0.2) is 0 Å². The first-order chi connectivity index (χ1) is 11.1. The van der Waals surface area contributed by atoms with E-state index in [0.717, 1.165) is 10.9 Å². The van der Waals surface area contributed by atoms with E-state index in [4.69, 9.17) is 10.8 Å². The van der Waals surface area contributed by atoms with Crippen molar-refractivity contribution in [3.63, 3.8) is 0 Å². The van der Waals surface area contributed by atoms with Crippen molar-refractivity contribution in [2.75, 3.05) is 0 Å². The summed E-state index contributed by atoms with van der Waals surface area (Å²) in [6.45, 7) is 0. The summed E-state index contributed by atoms with van der Waals surface area (Å²) >= 11 is 0. The summed E-state index contributed by atoms with van der Waals surface area (Å²) in [6, 6.07) is 17.7. The molecule has 0 fully saturated rings. The van der Waals surface area contributed by atoms with Crippen LogP contribution in [0, 0.1) is 0 Å². The summed E-state index contributed by atoms with van der Waals surface area (Å²) < 4.78 is 0. The maximum atomic E-state index is 10.4. The zero-order valence-corrected chi connectivity index (χ0v) is 13.8. The third kappa shape index (κ3) is 5.66. The van der Waals surface area contributed by atoms with Crippen LogP contribution in [0.15, 0.2) is 66.9 Å². The van der Waals surface area contributed by atoms with Crippen LogP contribution in [-0.2, 0) is 28.0 Å². The molecule has 3 aromatic rings. The fourth-order valence-corrected chi connectivity index (χ4v) is 2.04. The molecule has 0 saturated carbocycles. The molecule has 0 saturated heterocycles. The predicted molar refractivity (Wildman–Crippen MR) is 89.2 cm³/mol. The average Bonchev–Trinajstić information content (AvgIpc) is 2.57. The van der Waals surface area contributed by atoms with Crippen LogP contribution in [-0.4, -0.2) is 27.2 Å². The van der Waals surface area contributed by atoms with Crippen molar-refractivity contribution in [3.05, 3.63) is 72.4 Å². The van der Waals surface area contributed by atoms with Crippen LogP contribution < -0.4 is 5.73 Å². The largest absolute Gasteiger partial charge is 0.506 e. The van der Waals surface area contributed by atoms with E-state index in [1.165, 1.54) is 0 Å². The molecule has 24 heavy (non-hydrogen) atoms. The molecule has 1 heterocycles. The number of carboxylic acids is 1. The van der Waals surface area contributed by atoms with Crippen LogP contribution in [0.1, 0.15) is 5.56 Å². The van der Waals surface area contributed by atoms with Gasteiger partial charge in [0.05, 0.1) is 0 Å². The molecule has 0 aliphatic carbocycles. The van der Waals surface area contributed by atoms with Gasteiger partial charge in [-0.1, -0.05) is 48.5 Å². The number of rotatable bonds is 3. The molecule has 0 spiro atoms. The molecular weight excluding hydrogens is 351 g/mol. The van der Waals surface area contributed by atoms with Crippen LogP contribution in [0.4, 0.5) is 0 Å². The van der Waals surface area contributed by atoms with Gasteiger partial charge in [0, 0.05) is 28.4 Å². The summed E-state index contributed by atoms with van der Waals surface area (Å²) in [7, 11) is 0. The molecule has 2 aromatic carbocycles. The van der Waals surface area contributed by atoms with Crippen LogP contribution in [0.2, 0.25) is 0 Å². The van der Waals surface area contributed by atoms with E-state index >= 15 is 0 Å². The number of aromatic hydroxyl groups is 1. The summed E-state index contributed by atoms with van der Waals surface area (Å²) in [5, 5.41) is 18.8. The van der Waals surface area contributed by atoms with Crippen molar-refractivity contribution in [2.24, 2.45) is 5.73 Å². The molecule has 3 rings (SSSR count). The Balaban J connectivity index is 0.000000231. The number of pyridine rings is 1. The Morgan fingerprint density at radius 3 is 2.33 bits per heavy atom. The Kier molecular flexibility index (Phi) is 7.91. The smallest absolute Gasteiger partial charge is 0.320 e. The van der Waals surface area contributed by atoms with Crippen molar-refractivity contribution < 1.29 is 31.8 Å². The molecule has 4 N–H and O–H groups in total. The summed E-state index contributed by atoms with van der Waals surface area (Å²) in [5.74, 6) is -0.720. The number of benzene rings is 2. The Bertz CT molecular complexity index is 776. The number of carbonyl (C=O) groups is 1. The van der Waals surface area contributed by atoms with Crippen LogP contribution >= 0.6 is 0 Å². The van der Waals surface area contributed by atoms with Crippen molar-refractivity contribution in [2.45, 2.75) is 12.5 Å². The fraction of sp³-hybridized carbons (Fsp3) is 0.111. The molecule has 5 nitrogen and oxygen atoms in total. The van der Waals surface area contributed by atoms with Gasteiger partial charge in [-0.25, -0.2) is 0 Å². The molecule has 0 aliphatic rings. The first-order valence-electron chi connectivity index (χ1n) is 7.13. The minimum Gasteiger partial charge on any atom is -0.506 e. The monoisotopic (exact) mass is 369 g/mol. The Hall–Kier alpha value is -2.41. The van der Waals surface area contributed by atoms with E-state index in [-0.39, 0.29) is 22.5 Å². The maximum Gasteiger partial charge on any atom is 0.320 e. The van der Waals surface area contributed by atoms with Gasteiger partial charge in [-0.2, -0.15) is 0 Å². The molecule has 1 radical (unpaired) electrons. The molecule has 0 aliphatic heterocycles. The molecule has 6 heteroatoms. The van der Waals surface area contributed by atoms with E-state index in [1.54, 1.807) is 18.3 Å². The van der Waals surface area contributed by atoms with E-state index < -0.39 is 12.0 Å². The SMILES string of the molecule is NC(Cc1ccccc1)C(=O)O.Oc1cccc2cccnc12.[Co]. The second kappa shape index (κ2) is 9.66. The normalized spacial score (nSPS) is 10.9.